The normalized spacial score (nSPS) is 13.3. The van der Waals surface area contributed by atoms with Crippen molar-refractivity contribution in [1.29, 1.82) is 0 Å². The summed E-state index contributed by atoms with van der Waals surface area (Å²) in [5.41, 5.74) is 1.40. The van der Waals surface area contributed by atoms with Crippen LogP contribution in [0, 0.1) is 5.82 Å². The maximum absolute atomic E-state index is 13.0. The molecule has 0 fully saturated rings. The molecule has 1 aliphatic heterocycles. The van der Waals surface area contributed by atoms with E-state index in [2.05, 4.69) is 20.8 Å². The summed E-state index contributed by atoms with van der Waals surface area (Å²) in [5, 5.41) is 14.4. The number of thioether (sulfide) groups is 1. The highest BCUT2D eigenvalue weighted by Crippen LogP contribution is 2.32. The highest BCUT2D eigenvalue weighted by molar-refractivity contribution is 7.99. The standard InChI is InChI=1S/C22H21FN4O4S2/c1-13(14-2-7-17-18(10-14)31-9-8-30-17)24-19(28)11-32-12-20-26-27-22(33-20)21(29)25-16-5-3-15(23)4-6-16/h2-7,10,13H,8-9,11-12H2,1H3,(H,24,28)(H,25,29)/t13-/m0/s1. The SMILES string of the molecule is C[C@H](NC(=O)CSCc1nnc(C(=O)Nc2ccc(F)cc2)s1)c1ccc2c(c1)OCCO2. The van der Waals surface area contributed by atoms with Gasteiger partial charge in [-0.05, 0) is 48.9 Å². The van der Waals surface area contributed by atoms with Crippen LogP contribution in [0.1, 0.15) is 33.3 Å². The van der Waals surface area contributed by atoms with Gasteiger partial charge in [-0.25, -0.2) is 4.39 Å². The molecular formula is C22H21FN4O4S2. The Balaban J connectivity index is 1.22. The van der Waals surface area contributed by atoms with E-state index in [4.69, 9.17) is 9.47 Å². The topological polar surface area (TPSA) is 102 Å². The van der Waals surface area contributed by atoms with Crippen molar-refractivity contribution in [3.8, 4) is 11.5 Å². The van der Waals surface area contributed by atoms with Crippen LogP contribution < -0.4 is 20.1 Å². The van der Waals surface area contributed by atoms with Gasteiger partial charge in [-0.3, -0.25) is 9.59 Å². The molecule has 8 nitrogen and oxygen atoms in total. The van der Waals surface area contributed by atoms with Crippen LogP contribution in [0.5, 0.6) is 11.5 Å². The highest BCUT2D eigenvalue weighted by atomic mass is 32.2. The van der Waals surface area contributed by atoms with Gasteiger partial charge in [0.2, 0.25) is 10.9 Å². The zero-order chi connectivity index (χ0) is 23.2. The molecule has 2 amide bonds. The first-order chi connectivity index (χ1) is 16.0. The number of fused-ring (bicyclic) bond motifs is 1. The number of rotatable bonds is 8. The quantitative estimate of drug-likeness (QED) is 0.497. The van der Waals surface area contributed by atoms with Gasteiger partial charge in [-0.15, -0.1) is 22.0 Å². The van der Waals surface area contributed by atoms with Crippen LogP contribution in [-0.4, -0.2) is 41.0 Å². The van der Waals surface area contributed by atoms with E-state index in [-0.39, 0.29) is 28.5 Å². The van der Waals surface area contributed by atoms with Crippen LogP contribution in [0.25, 0.3) is 0 Å². The fourth-order valence-corrected chi connectivity index (χ4v) is 4.67. The average Bonchev–Trinajstić information content (AvgIpc) is 3.29. The van der Waals surface area contributed by atoms with Gasteiger partial charge in [0.15, 0.2) is 11.5 Å². The number of carbonyl (C=O) groups is 2. The van der Waals surface area contributed by atoms with Gasteiger partial charge in [-0.2, -0.15) is 0 Å². The third kappa shape index (κ3) is 6.20. The van der Waals surface area contributed by atoms with Gasteiger partial charge >= 0.3 is 0 Å². The Hall–Kier alpha value is -3.18. The molecule has 1 aliphatic rings. The molecule has 0 spiro atoms. The maximum Gasteiger partial charge on any atom is 0.286 e. The minimum atomic E-state index is -0.415. The Labute approximate surface area is 197 Å². The molecule has 0 bridgehead atoms. The smallest absolute Gasteiger partial charge is 0.286 e. The number of nitrogens with one attached hydrogen (secondary N) is 2. The number of nitrogens with zero attached hydrogens (tertiary/aromatic N) is 2. The minimum Gasteiger partial charge on any atom is -0.486 e. The number of benzene rings is 2. The molecule has 2 aromatic carbocycles. The zero-order valence-corrected chi connectivity index (χ0v) is 19.3. The number of amides is 2. The molecule has 2 heterocycles. The van der Waals surface area contributed by atoms with E-state index in [1.807, 2.05) is 25.1 Å². The predicted octanol–water partition coefficient (Wildman–Crippen LogP) is 3.81. The van der Waals surface area contributed by atoms with E-state index in [1.165, 1.54) is 36.0 Å². The van der Waals surface area contributed by atoms with Crippen LogP contribution in [0.4, 0.5) is 10.1 Å². The lowest BCUT2D eigenvalue weighted by molar-refractivity contribution is -0.119. The van der Waals surface area contributed by atoms with Crippen molar-refractivity contribution >= 4 is 40.6 Å². The molecule has 2 N–H and O–H groups in total. The van der Waals surface area contributed by atoms with E-state index in [9.17, 15) is 14.0 Å². The van der Waals surface area contributed by atoms with Gasteiger partial charge in [0.05, 0.1) is 11.8 Å². The van der Waals surface area contributed by atoms with Crippen molar-refractivity contribution in [1.82, 2.24) is 15.5 Å². The second-order valence-corrected chi connectivity index (χ2v) is 9.19. The Bertz CT molecular complexity index is 1140. The van der Waals surface area contributed by atoms with Gasteiger partial charge in [0, 0.05) is 11.4 Å². The molecule has 0 aliphatic carbocycles. The van der Waals surface area contributed by atoms with Crippen LogP contribution in [-0.2, 0) is 10.5 Å². The van der Waals surface area contributed by atoms with Crippen molar-refractivity contribution in [2.75, 3.05) is 24.3 Å². The number of carbonyl (C=O) groups excluding carboxylic acids is 2. The lowest BCUT2D eigenvalue weighted by Crippen LogP contribution is -2.28. The summed E-state index contributed by atoms with van der Waals surface area (Å²) in [6, 6.07) is 10.9. The summed E-state index contributed by atoms with van der Waals surface area (Å²) in [6.07, 6.45) is 0. The summed E-state index contributed by atoms with van der Waals surface area (Å²) >= 11 is 2.54. The molecule has 3 aromatic rings. The number of hydrogen-bond donors (Lipinski definition) is 2. The molecule has 33 heavy (non-hydrogen) atoms. The van der Waals surface area contributed by atoms with Crippen LogP contribution in [0.3, 0.4) is 0 Å². The van der Waals surface area contributed by atoms with Crippen LogP contribution >= 0.6 is 23.1 Å². The summed E-state index contributed by atoms with van der Waals surface area (Å²) in [4.78, 5) is 24.6. The highest BCUT2D eigenvalue weighted by Gasteiger charge is 2.17. The third-order valence-electron chi connectivity index (χ3n) is 4.67. The van der Waals surface area contributed by atoms with E-state index in [0.29, 0.717) is 41.2 Å². The zero-order valence-electron chi connectivity index (χ0n) is 17.7. The molecule has 1 aromatic heterocycles. The van der Waals surface area contributed by atoms with E-state index in [0.717, 1.165) is 16.9 Å². The fourth-order valence-electron chi connectivity index (χ4n) is 3.05. The van der Waals surface area contributed by atoms with Gasteiger partial charge in [0.1, 0.15) is 24.0 Å². The van der Waals surface area contributed by atoms with Gasteiger partial charge < -0.3 is 20.1 Å². The Morgan fingerprint density at radius 1 is 1.12 bits per heavy atom. The molecule has 11 heteroatoms. The van der Waals surface area contributed by atoms with E-state index in [1.54, 1.807) is 0 Å². The largest absolute Gasteiger partial charge is 0.486 e. The summed E-state index contributed by atoms with van der Waals surface area (Å²) in [7, 11) is 0. The lowest BCUT2D eigenvalue weighted by Gasteiger charge is -2.21. The molecule has 172 valence electrons. The number of ether oxygens (including phenoxy) is 2. The van der Waals surface area contributed by atoms with E-state index >= 15 is 0 Å². The van der Waals surface area contributed by atoms with Crippen molar-refractivity contribution in [2.45, 2.75) is 18.7 Å². The number of hydrogen-bond acceptors (Lipinski definition) is 8. The summed E-state index contributed by atoms with van der Waals surface area (Å²) in [5.74, 6) is 1.18. The summed E-state index contributed by atoms with van der Waals surface area (Å²) in [6.45, 7) is 2.95. The van der Waals surface area contributed by atoms with Gasteiger partial charge in [-0.1, -0.05) is 17.4 Å². The predicted molar refractivity (Wildman–Crippen MR) is 124 cm³/mol. The molecule has 0 radical (unpaired) electrons. The molecule has 4 rings (SSSR count). The fraction of sp³-hybridized carbons (Fsp3) is 0.273. The second-order valence-electron chi connectivity index (χ2n) is 7.15. The maximum atomic E-state index is 13.0. The molecular weight excluding hydrogens is 467 g/mol. The number of anilines is 1. The van der Waals surface area contributed by atoms with Crippen LogP contribution in [0.15, 0.2) is 42.5 Å². The second kappa shape index (κ2) is 10.6. The number of halogens is 1. The Kier molecular flexibility index (Phi) is 7.40. The van der Waals surface area contributed by atoms with Crippen molar-refractivity contribution in [3.63, 3.8) is 0 Å². The third-order valence-corrected chi connectivity index (χ3v) is 6.71. The summed E-state index contributed by atoms with van der Waals surface area (Å²) < 4.78 is 24.1. The van der Waals surface area contributed by atoms with Crippen LogP contribution in [0.2, 0.25) is 0 Å². The van der Waals surface area contributed by atoms with Crippen molar-refractivity contribution in [2.24, 2.45) is 0 Å². The monoisotopic (exact) mass is 488 g/mol. The minimum absolute atomic E-state index is 0.110. The van der Waals surface area contributed by atoms with Crippen molar-refractivity contribution in [3.05, 3.63) is 63.9 Å². The average molecular weight is 489 g/mol. The lowest BCUT2D eigenvalue weighted by atomic mass is 10.1. The Morgan fingerprint density at radius 2 is 1.88 bits per heavy atom. The Morgan fingerprint density at radius 3 is 2.67 bits per heavy atom. The van der Waals surface area contributed by atoms with E-state index < -0.39 is 5.91 Å². The molecule has 0 saturated heterocycles. The number of aromatic nitrogens is 2. The van der Waals surface area contributed by atoms with Crippen molar-refractivity contribution < 1.29 is 23.5 Å². The first-order valence-electron chi connectivity index (χ1n) is 10.1. The first-order valence-corrected chi connectivity index (χ1v) is 12.1. The molecule has 1 atom stereocenters. The van der Waals surface area contributed by atoms with Gasteiger partial charge in [0.25, 0.3) is 5.91 Å². The molecule has 0 unspecified atom stereocenters. The molecule has 0 saturated carbocycles. The first kappa shape index (κ1) is 23.0.